The number of carbonyl (C=O) groups excluding carboxylic acids is 3. The Kier molecular flexibility index (Phi) is 8.11. The minimum absolute atomic E-state index is 0.00734. The van der Waals surface area contributed by atoms with Crippen LogP contribution in [0.3, 0.4) is 0 Å². The molecule has 0 amide bonds. The molecule has 0 radical (unpaired) electrons. The van der Waals surface area contributed by atoms with Gasteiger partial charge in [-0.15, -0.1) is 0 Å². The minimum Gasteiger partial charge on any atom is -0.294 e. The number of benzene rings is 3. The molecule has 0 bridgehead atoms. The van der Waals surface area contributed by atoms with Crippen LogP contribution in [0.1, 0.15) is 87.3 Å². The molecule has 1 atom stereocenters. The van der Waals surface area contributed by atoms with Gasteiger partial charge in [0.2, 0.25) is 0 Å². The van der Waals surface area contributed by atoms with Crippen LogP contribution in [0.2, 0.25) is 0 Å². The second-order valence-electron chi connectivity index (χ2n) is 8.96. The Bertz CT molecular complexity index is 1140. The first-order valence-corrected chi connectivity index (χ1v) is 11.6. The molecular weight excluding hydrogens is 408 g/mol. The summed E-state index contributed by atoms with van der Waals surface area (Å²) in [5, 5.41) is 0. The maximum absolute atomic E-state index is 13.5. The Morgan fingerprint density at radius 2 is 1.39 bits per heavy atom. The van der Waals surface area contributed by atoms with E-state index in [0.29, 0.717) is 22.6 Å². The van der Waals surface area contributed by atoms with Gasteiger partial charge in [-0.1, -0.05) is 87.5 Å². The van der Waals surface area contributed by atoms with Gasteiger partial charge in [0.15, 0.2) is 17.3 Å². The predicted octanol–water partition coefficient (Wildman–Crippen LogP) is 7.03. The van der Waals surface area contributed by atoms with Gasteiger partial charge in [-0.05, 0) is 42.0 Å². The first-order valence-electron chi connectivity index (χ1n) is 11.6. The van der Waals surface area contributed by atoms with Gasteiger partial charge in [-0.3, -0.25) is 14.4 Å². The van der Waals surface area contributed by atoms with Crippen molar-refractivity contribution >= 4 is 17.3 Å². The van der Waals surface area contributed by atoms with Crippen molar-refractivity contribution in [2.24, 2.45) is 5.92 Å². The van der Waals surface area contributed by atoms with Crippen molar-refractivity contribution in [3.05, 3.63) is 106 Å². The molecule has 3 heteroatoms. The second-order valence-corrected chi connectivity index (χ2v) is 8.96. The van der Waals surface area contributed by atoms with Gasteiger partial charge < -0.3 is 0 Å². The molecule has 3 aromatic carbocycles. The van der Waals surface area contributed by atoms with E-state index in [-0.39, 0.29) is 30.2 Å². The van der Waals surface area contributed by atoms with E-state index in [1.165, 1.54) is 0 Å². The van der Waals surface area contributed by atoms with Gasteiger partial charge in [-0.2, -0.15) is 0 Å². The van der Waals surface area contributed by atoms with Crippen molar-refractivity contribution in [1.29, 1.82) is 0 Å². The van der Waals surface area contributed by atoms with Crippen LogP contribution < -0.4 is 0 Å². The molecular formula is C30H32O3. The van der Waals surface area contributed by atoms with Crippen LogP contribution in [0.4, 0.5) is 0 Å². The number of rotatable bonds is 10. The first kappa shape index (κ1) is 24.3. The molecule has 0 aliphatic carbocycles. The van der Waals surface area contributed by atoms with E-state index in [4.69, 9.17) is 0 Å². The highest BCUT2D eigenvalue weighted by atomic mass is 16.1. The number of aryl methyl sites for hydroxylation is 2. The van der Waals surface area contributed by atoms with Gasteiger partial charge in [0.05, 0.1) is 0 Å². The van der Waals surface area contributed by atoms with Crippen molar-refractivity contribution in [2.75, 3.05) is 0 Å². The van der Waals surface area contributed by atoms with Crippen LogP contribution in [-0.2, 0) is 6.42 Å². The lowest BCUT2D eigenvalue weighted by Gasteiger charge is -2.17. The van der Waals surface area contributed by atoms with Gasteiger partial charge in [-0.25, -0.2) is 0 Å². The fourth-order valence-corrected chi connectivity index (χ4v) is 4.03. The fourth-order valence-electron chi connectivity index (χ4n) is 4.03. The van der Waals surface area contributed by atoms with Gasteiger partial charge >= 0.3 is 0 Å². The summed E-state index contributed by atoms with van der Waals surface area (Å²) in [5.41, 5.74) is 4.81. The van der Waals surface area contributed by atoms with Crippen molar-refractivity contribution in [3.8, 4) is 0 Å². The Labute approximate surface area is 196 Å². The van der Waals surface area contributed by atoms with E-state index in [2.05, 4.69) is 13.8 Å². The molecule has 170 valence electrons. The SMILES string of the molecule is CCc1cccc(C(=O)CC(CC(=O)c2ccc(C(C)C)cc2)C(=O)c2ccccc2C)c1. The van der Waals surface area contributed by atoms with Crippen LogP contribution in [0.25, 0.3) is 0 Å². The lowest BCUT2D eigenvalue weighted by atomic mass is 9.84. The lowest BCUT2D eigenvalue weighted by molar-refractivity contribution is 0.0807. The highest BCUT2D eigenvalue weighted by molar-refractivity contribution is 6.07. The van der Waals surface area contributed by atoms with Crippen molar-refractivity contribution in [2.45, 2.75) is 52.9 Å². The zero-order valence-corrected chi connectivity index (χ0v) is 19.9. The maximum atomic E-state index is 13.5. The number of hydrogen-bond donors (Lipinski definition) is 0. The Morgan fingerprint density at radius 3 is 2.00 bits per heavy atom. The lowest BCUT2D eigenvalue weighted by Crippen LogP contribution is -2.23. The molecule has 0 fully saturated rings. The molecule has 0 spiro atoms. The summed E-state index contributed by atoms with van der Waals surface area (Å²) in [4.78, 5) is 39.7. The Hall–Kier alpha value is -3.33. The third-order valence-electron chi connectivity index (χ3n) is 6.20. The smallest absolute Gasteiger partial charge is 0.167 e. The summed E-state index contributed by atoms with van der Waals surface area (Å²) in [6.45, 7) is 8.13. The number of hydrogen-bond acceptors (Lipinski definition) is 3. The molecule has 0 saturated carbocycles. The molecule has 3 nitrogen and oxygen atoms in total. The van der Waals surface area contributed by atoms with Gasteiger partial charge in [0.1, 0.15) is 0 Å². The molecule has 0 heterocycles. The van der Waals surface area contributed by atoms with E-state index < -0.39 is 5.92 Å². The molecule has 33 heavy (non-hydrogen) atoms. The van der Waals surface area contributed by atoms with Crippen molar-refractivity contribution in [3.63, 3.8) is 0 Å². The van der Waals surface area contributed by atoms with Crippen LogP contribution in [0.15, 0.2) is 72.8 Å². The number of Topliss-reactive ketones (excluding diaryl/α,β-unsaturated/α-hetero) is 3. The predicted molar refractivity (Wildman–Crippen MR) is 133 cm³/mol. The minimum atomic E-state index is -0.707. The van der Waals surface area contributed by atoms with E-state index in [1.807, 2.05) is 74.5 Å². The molecule has 0 aliphatic heterocycles. The summed E-state index contributed by atoms with van der Waals surface area (Å²) in [5.74, 6) is -0.713. The van der Waals surface area contributed by atoms with E-state index in [0.717, 1.165) is 23.1 Å². The molecule has 3 aromatic rings. The zero-order valence-electron chi connectivity index (χ0n) is 19.9. The third kappa shape index (κ3) is 6.13. The summed E-state index contributed by atoms with van der Waals surface area (Å²) in [7, 11) is 0. The molecule has 0 aromatic heterocycles. The van der Waals surface area contributed by atoms with E-state index >= 15 is 0 Å². The summed E-state index contributed by atoms with van der Waals surface area (Å²) in [6.07, 6.45) is 0.848. The fraction of sp³-hybridized carbons (Fsp3) is 0.300. The average Bonchev–Trinajstić information content (AvgIpc) is 2.83. The normalized spacial score (nSPS) is 11.9. The van der Waals surface area contributed by atoms with Crippen LogP contribution in [-0.4, -0.2) is 17.3 Å². The standard InChI is InChI=1S/C30H32O3/c1-5-22-10-8-11-25(17-22)29(32)19-26(30(33)27-12-7-6-9-21(27)4)18-28(31)24-15-13-23(14-16-24)20(2)3/h6-17,20,26H,5,18-19H2,1-4H3. The van der Waals surface area contributed by atoms with E-state index in [1.54, 1.807) is 12.1 Å². The maximum Gasteiger partial charge on any atom is 0.167 e. The average molecular weight is 441 g/mol. The third-order valence-corrected chi connectivity index (χ3v) is 6.20. The molecule has 3 rings (SSSR count). The topological polar surface area (TPSA) is 51.2 Å². The molecule has 1 unspecified atom stereocenters. The molecule has 0 saturated heterocycles. The van der Waals surface area contributed by atoms with Crippen molar-refractivity contribution < 1.29 is 14.4 Å². The summed E-state index contributed by atoms with van der Waals surface area (Å²) >= 11 is 0. The number of carbonyl (C=O) groups is 3. The Balaban J connectivity index is 1.87. The van der Waals surface area contributed by atoms with Crippen LogP contribution >= 0.6 is 0 Å². The zero-order chi connectivity index (χ0) is 24.0. The quantitative estimate of drug-likeness (QED) is 0.318. The van der Waals surface area contributed by atoms with Gasteiger partial charge in [0.25, 0.3) is 0 Å². The van der Waals surface area contributed by atoms with Crippen molar-refractivity contribution in [1.82, 2.24) is 0 Å². The van der Waals surface area contributed by atoms with E-state index in [9.17, 15) is 14.4 Å². The monoisotopic (exact) mass is 440 g/mol. The first-order chi connectivity index (χ1) is 15.8. The summed E-state index contributed by atoms with van der Waals surface area (Å²) < 4.78 is 0. The van der Waals surface area contributed by atoms with Gasteiger partial charge in [0, 0.05) is 35.4 Å². The largest absolute Gasteiger partial charge is 0.294 e. The van der Waals surface area contributed by atoms with Crippen LogP contribution in [0, 0.1) is 12.8 Å². The Morgan fingerprint density at radius 1 is 0.758 bits per heavy atom. The second kappa shape index (κ2) is 11.0. The number of ketones is 3. The van der Waals surface area contributed by atoms with Crippen LogP contribution in [0.5, 0.6) is 0 Å². The molecule has 0 aliphatic rings. The highest BCUT2D eigenvalue weighted by Crippen LogP contribution is 2.24. The summed E-state index contributed by atoms with van der Waals surface area (Å²) in [6, 6.07) is 22.4. The highest BCUT2D eigenvalue weighted by Gasteiger charge is 2.27. The molecule has 0 N–H and O–H groups in total.